The van der Waals surface area contributed by atoms with Crippen LogP contribution < -0.4 is 16.6 Å². The largest absolute Gasteiger partial charge is 0.383 e. The number of ether oxygens (including phenoxy) is 1. The highest BCUT2D eigenvalue weighted by Crippen LogP contribution is 2.14. The highest BCUT2D eigenvalue weighted by molar-refractivity contribution is 5.93. The zero-order valence-corrected chi connectivity index (χ0v) is 9.34. The standard InChI is InChI=1S/C10H14F2N4O/c1-17-5-4-14-10(16-13)15-9-3-2-7(11)6-8(9)12/h2-3,6H,4-5,13H2,1H3,(H2,14,15,16). The van der Waals surface area contributed by atoms with Gasteiger partial charge in [0.1, 0.15) is 11.6 Å². The first-order valence-corrected chi connectivity index (χ1v) is 4.89. The van der Waals surface area contributed by atoms with Crippen molar-refractivity contribution in [3.05, 3.63) is 29.8 Å². The highest BCUT2D eigenvalue weighted by Gasteiger charge is 2.05. The molecule has 0 saturated heterocycles. The molecule has 94 valence electrons. The number of nitrogens with zero attached hydrogens (tertiary/aromatic N) is 1. The summed E-state index contributed by atoms with van der Waals surface area (Å²) in [5.41, 5.74) is 2.36. The number of guanidine groups is 1. The number of rotatable bonds is 4. The Kier molecular flexibility index (Phi) is 5.31. The second kappa shape index (κ2) is 6.77. The van der Waals surface area contributed by atoms with Gasteiger partial charge in [0, 0.05) is 13.2 Å². The molecule has 1 aromatic rings. The molecular weight excluding hydrogens is 230 g/mol. The van der Waals surface area contributed by atoms with E-state index in [0.29, 0.717) is 13.2 Å². The number of methoxy groups -OCH3 is 1. The number of hydrazine groups is 1. The Labute approximate surface area is 97.6 Å². The smallest absolute Gasteiger partial charge is 0.210 e. The second-order valence-corrected chi connectivity index (χ2v) is 3.12. The Morgan fingerprint density at radius 3 is 2.82 bits per heavy atom. The average Bonchev–Trinajstić information content (AvgIpc) is 2.31. The zero-order chi connectivity index (χ0) is 12.7. The van der Waals surface area contributed by atoms with Gasteiger partial charge in [0.05, 0.1) is 18.8 Å². The lowest BCUT2D eigenvalue weighted by Gasteiger charge is -2.09. The second-order valence-electron chi connectivity index (χ2n) is 3.12. The number of benzene rings is 1. The van der Waals surface area contributed by atoms with Crippen LogP contribution >= 0.6 is 0 Å². The van der Waals surface area contributed by atoms with E-state index in [1.165, 1.54) is 13.2 Å². The van der Waals surface area contributed by atoms with Crippen LogP contribution in [-0.2, 0) is 4.74 Å². The molecule has 1 aromatic carbocycles. The molecule has 0 heterocycles. The predicted octanol–water partition coefficient (Wildman–Crippen LogP) is 0.842. The minimum absolute atomic E-state index is 0.0838. The van der Waals surface area contributed by atoms with Gasteiger partial charge in [-0.15, -0.1) is 0 Å². The van der Waals surface area contributed by atoms with Crippen molar-refractivity contribution in [1.82, 2.24) is 5.43 Å². The third kappa shape index (κ3) is 4.33. The number of halogens is 2. The van der Waals surface area contributed by atoms with Crippen LogP contribution in [0, 0.1) is 11.6 Å². The Bertz CT molecular complexity index is 398. The molecule has 0 aliphatic rings. The van der Waals surface area contributed by atoms with Crippen LogP contribution in [0.4, 0.5) is 14.5 Å². The van der Waals surface area contributed by atoms with E-state index in [1.807, 2.05) is 0 Å². The zero-order valence-electron chi connectivity index (χ0n) is 9.34. The summed E-state index contributed by atoms with van der Waals surface area (Å²) in [4.78, 5) is 3.97. The summed E-state index contributed by atoms with van der Waals surface area (Å²) in [5, 5.41) is 2.60. The number of nitrogens with one attached hydrogen (secondary N) is 2. The minimum atomic E-state index is -0.723. The van der Waals surface area contributed by atoms with E-state index in [0.717, 1.165) is 12.1 Å². The molecule has 0 radical (unpaired) electrons. The quantitative estimate of drug-likeness (QED) is 0.241. The van der Waals surface area contributed by atoms with E-state index in [1.54, 1.807) is 0 Å². The number of anilines is 1. The number of hydrogen-bond donors (Lipinski definition) is 3. The summed E-state index contributed by atoms with van der Waals surface area (Å²) in [5.74, 6) is 4.01. The third-order valence-corrected chi connectivity index (χ3v) is 1.89. The molecule has 0 atom stereocenters. The van der Waals surface area contributed by atoms with Gasteiger partial charge in [-0.2, -0.15) is 0 Å². The van der Waals surface area contributed by atoms with Crippen molar-refractivity contribution in [2.24, 2.45) is 10.8 Å². The topological polar surface area (TPSA) is 71.7 Å². The maximum Gasteiger partial charge on any atom is 0.210 e. The molecule has 0 aliphatic carbocycles. The lowest BCUT2D eigenvalue weighted by atomic mass is 10.3. The molecule has 0 aliphatic heterocycles. The molecule has 0 fully saturated rings. The summed E-state index contributed by atoms with van der Waals surface area (Å²) < 4.78 is 30.7. The molecule has 0 amide bonds. The van der Waals surface area contributed by atoms with Crippen LogP contribution in [-0.4, -0.2) is 26.2 Å². The van der Waals surface area contributed by atoms with E-state index in [-0.39, 0.29) is 11.6 Å². The van der Waals surface area contributed by atoms with Crippen LogP contribution in [0.15, 0.2) is 23.2 Å². The van der Waals surface area contributed by atoms with Crippen molar-refractivity contribution in [3.8, 4) is 0 Å². The van der Waals surface area contributed by atoms with Crippen LogP contribution in [0.25, 0.3) is 0 Å². The molecule has 0 spiro atoms. The van der Waals surface area contributed by atoms with Gasteiger partial charge in [-0.05, 0) is 12.1 Å². The van der Waals surface area contributed by atoms with Gasteiger partial charge in [0.2, 0.25) is 5.96 Å². The maximum atomic E-state index is 13.3. The molecule has 0 aromatic heterocycles. The van der Waals surface area contributed by atoms with E-state index >= 15 is 0 Å². The molecule has 5 nitrogen and oxygen atoms in total. The van der Waals surface area contributed by atoms with E-state index < -0.39 is 11.6 Å². The van der Waals surface area contributed by atoms with Gasteiger partial charge in [-0.3, -0.25) is 5.43 Å². The Morgan fingerprint density at radius 2 is 2.24 bits per heavy atom. The van der Waals surface area contributed by atoms with E-state index in [4.69, 9.17) is 10.6 Å². The predicted molar refractivity (Wildman–Crippen MR) is 61.5 cm³/mol. The Morgan fingerprint density at radius 1 is 1.47 bits per heavy atom. The van der Waals surface area contributed by atoms with Crippen LogP contribution in [0.2, 0.25) is 0 Å². The van der Waals surface area contributed by atoms with Gasteiger partial charge in [-0.25, -0.2) is 19.6 Å². The van der Waals surface area contributed by atoms with Crippen molar-refractivity contribution < 1.29 is 13.5 Å². The summed E-state index contributed by atoms with van der Waals surface area (Å²) in [6, 6.07) is 3.16. The van der Waals surface area contributed by atoms with Gasteiger partial charge < -0.3 is 10.1 Å². The summed E-state index contributed by atoms with van der Waals surface area (Å²) in [6.45, 7) is 0.782. The summed E-state index contributed by atoms with van der Waals surface area (Å²) in [7, 11) is 1.54. The fourth-order valence-electron chi connectivity index (χ4n) is 1.09. The normalized spacial score (nSPS) is 11.4. The van der Waals surface area contributed by atoms with E-state index in [9.17, 15) is 8.78 Å². The Balaban J connectivity index is 2.70. The van der Waals surface area contributed by atoms with E-state index in [2.05, 4.69) is 15.7 Å². The average molecular weight is 244 g/mol. The van der Waals surface area contributed by atoms with Crippen molar-refractivity contribution in [1.29, 1.82) is 0 Å². The number of hydrogen-bond acceptors (Lipinski definition) is 3. The molecule has 0 saturated carbocycles. The third-order valence-electron chi connectivity index (χ3n) is 1.89. The van der Waals surface area contributed by atoms with Gasteiger partial charge in [-0.1, -0.05) is 0 Å². The van der Waals surface area contributed by atoms with Crippen molar-refractivity contribution in [3.63, 3.8) is 0 Å². The van der Waals surface area contributed by atoms with Crippen molar-refractivity contribution in [2.45, 2.75) is 0 Å². The number of nitrogens with two attached hydrogens (primary N) is 1. The summed E-state index contributed by atoms with van der Waals surface area (Å²) >= 11 is 0. The monoisotopic (exact) mass is 244 g/mol. The molecule has 1 rings (SSSR count). The van der Waals surface area contributed by atoms with Crippen molar-refractivity contribution >= 4 is 11.6 Å². The lowest BCUT2D eigenvalue weighted by molar-refractivity contribution is 0.208. The van der Waals surface area contributed by atoms with Crippen LogP contribution in [0.3, 0.4) is 0 Å². The first-order valence-electron chi connectivity index (χ1n) is 4.89. The lowest BCUT2D eigenvalue weighted by Crippen LogP contribution is -2.36. The Hall–Kier alpha value is -1.73. The van der Waals surface area contributed by atoms with Gasteiger partial charge in [0.15, 0.2) is 0 Å². The van der Waals surface area contributed by atoms with Gasteiger partial charge >= 0.3 is 0 Å². The van der Waals surface area contributed by atoms with Crippen LogP contribution in [0.5, 0.6) is 0 Å². The molecule has 0 unspecified atom stereocenters. The van der Waals surface area contributed by atoms with Crippen LogP contribution in [0.1, 0.15) is 0 Å². The fourth-order valence-corrected chi connectivity index (χ4v) is 1.09. The maximum absolute atomic E-state index is 13.3. The van der Waals surface area contributed by atoms with Gasteiger partial charge in [0.25, 0.3) is 0 Å². The molecule has 17 heavy (non-hydrogen) atoms. The first kappa shape index (κ1) is 13.3. The fraction of sp³-hybridized carbons (Fsp3) is 0.300. The SMILES string of the molecule is COCCN=C(NN)Nc1ccc(F)cc1F. The highest BCUT2D eigenvalue weighted by atomic mass is 19.1. The minimum Gasteiger partial charge on any atom is -0.383 e. The van der Waals surface area contributed by atoms with Crippen molar-refractivity contribution in [2.75, 3.05) is 25.6 Å². The molecule has 0 bridgehead atoms. The number of aliphatic imine (C=N–C) groups is 1. The molecular formula is C10H14F2N4O. The molecule has 7 heteroatoms. The summed E-state index contributed by atoms with van der Waals surface area (Å²) in [6.07, 6.45) is 0. The first-order chi connectivity index (χ1) is 8.17. The molecule has 4 N–H and O–H groups in total.